The van der Waals surface area contributed by atoms with E-state index in [1.54, 1.807) is 18.3 Å². The molecule has 0 bridgehead atoms. The molecule has 1 fully saturated rings. The predicted molar refractivity (Wildman–Crippen MR) is 100 cm³/mol. The van der Waals surface area contributed by atoms with Crippen molar-refractivity contribution in [2.45, 2.75) is 37.2 Å². The maximum absolute atomic E-state index is 11.9. The van der Waals surface area contributed by atoms with E-state index in [1.165, 1.54) is 17.4 Å². The molecule has 1 saturated heterocycles. The van der Waals surface area contributed by atoms with Crippen molar-refractivity contribution in [3.63, 3.8) is 0 Å². The van der Waals surface area contributed by atoms with Crippen molar-refractivity contribution < 1.29 is 8.42 Å². The standard InChI is InChI=1S/C19H25N3O2S/c1-15-5-3-6-16(13-15)14-22-11-8-17(9-12-22)21-19-18(25(2,23)24)7-4-10-20-19/h3-7,10,13,17H,8-9,11-12,14H2,1-2H3,(H,20,21). The summed E-state index contributed by atoms with van der Waals surface area (Å²) in [7, 11) is -3.28. The lowest BCUT2D eigenvalue weighted by Crippen LogP contribution is -2.39. The summed E-state index contributed by atoms with van der Waals surface area (Å²) in [5.74, 6) is 0.474. The Morgan fingerprint density at radius 2 is 1.96 bits per heavy atom. The summed E-state index contributed by atoms with van der Waals surface area (Å²) in [6, 6.07) is 12.1. The summed E-state index contributed by atoms with van der Waals surface area (Å²) >= 11 is 0. The lowest BCUT2D eigenvalue weighted by Gasteiger charge is -2.33. The highest BCUT2D eigenvalue weighted by Gasteiger charge is 2.22. The molecule has 0 unspecified atom stereocenters. The van der Waals surface area contributed by atoms with Crippen molar-refractivity contribution in [1.29, 1.82) is 0 Å². The zero-order valence-electron chi connectivity index (χ0n) is 14.8. The largest absolute Gasteiger partial charge is 0.366 e. The summed E-state index contributed by atoms with van der Waals surface area (Å²) < 4.78 is 23.8. The molecule has 2 heterocycles. The third kappa shape index (κ3) is 4.80. The van der Waals surface area contributed by atoms with Crippen LogP contribution in [-0.2, 0) is 16.4 Å². The molecular formula is C19H25N3O2S. The van der Waals surface area contributed by atoms with E-state index in [4.69, 9.17) is 0 Å². The number of benzene rings is 1. The van der Waals surface area contributed by atoms with Gasteiger partial charge in [0.2, 0.25) is 0 Å². The number of hydrogen-bond donors (Lipinski definition) is 1. The normalized spacial score (nSPS) is 16.7. The average Bonchev–Trinajstić information content (AvgIpc) is 2.56. The number of hydrogen-bond acceptors (Lipinski definition) is 5. The number of pyridine rings is 1. The van der Waals surface area contributed by atoms with Crippen LogP contribution in [-0.4, -0.2) is 43.7 Å². The van der Waals surface area contributed by atoms with E-state index in [0.717, 1.165) is 32.5 Å². The van der Waals surface area contributed by atoms with E-state index in [2.05, 4.69) is 46.4 Å². The van der Waals surface area contributed by atoms with Gasteiger partial charge in [-0.15, -0.1) is 0 Å². The van der Waals surface area contributed by atoms with Gasteiger partial charge in [0.1, 0.15) is 10.7 Å². The molecule has 134 valence electrons. The number of nitrogens with zero attached hydrogens (tertiary/aromatic N) is 2. The van der Waals surface area contributed by atoms with Gasteiger partial charge >= 0.3 is 0 Å². The van der Waals surface area contributed by atoms with Crippen molar-refractivity contribution in [1.82, 2.24) is 9.88 Å². The summed E-state index contributed by atoms with van der Waals surface area (Å²) in [5, 5.41) is 3.33. The molecular weight excluding hydrogens is 334 g/mol. The smallest absolute Gasteiger partial charge is 0.179 e. The maximum Gasteiger partial charge on any atom is 0.179 e. The van der Waals surface area contributed by atoms with E-state index >= 15 is 0 Å². The highest BCUT2D eigenvalue weighted by atomic mass is 32.2. The van der Waals surface area contributed by atoms with Gasteiger partial charge in [0, 0.05) is 38.1 Å². The van der Waals surface area contributed by atoms with Crippen LogP contribution >= 0.6 is 0 Å². The van der Waals surface area contributed by atoms with Gasteiger partial charge in [0.15, 0.2) is 9.84 Å². The van der Waals surface area contributed by atoms with Crippen LogP contribution in [0.4, 0.5) is 5.82 Å². The van der Waals surface area contributed by atoms with Gasteiger partial charge in [-0.2, -0.15) is 0 Å². The Hall–Kier alpha value is -1.92. The Bertz CT molecular complexity index is 828. The van der Waals surface area contributed by atoms with Gasteiger partial charge in [-0.25, -0.2) is 13.4 Å². The molecule has 0 radical (unpaired) electrons. The third-order valence-corrected chi connectivity index (χ3v) is 5.72. The minimum absolute atomic E-state index is 0.254. The van der Waals surface area contributed by atoms with Gasteiger partial charge in [-0.3, -0.25) is 4.90 Å². The van der Waals surface area contributed by atoms with Crippen molar-refractivity contribution >= 4 is 15.7 Å². The minimum atomic E-state index is -3.28. The second kappa shape index (κ2) is 7.54. The van der Waals surface area contributed by atoms with Gasteiger partial charge in [-0.1, -0.05) is 29.8 Å². The first-order chi connectivity index (χ1) is 11.9. The average molecular weight is 359 g/mol. The summed E-state index contributed by atoms with van der Waals surface area (Å²) in [6.07, 6.45) is 4.81. The minimum Gasteiger partial charge on any atom is -0.366 e. The number of aromatic nitrogens is 1. The van der Waals surface area contributed by atoms with Crippen LogP contribution in [0.2, 0.25) is 0 Å². The van der Waals surface area contributed by atoms with E-state index in [1.807, 2.05) is 0 Å². The van der Waals surface area contributed by atoms with Gasteiger partial charge in [0.25, 0.3) is 0 Å². The molecule has 25 heavy (non-hydrogen) atoms. The van der Waals surface area contributed by atoms with Crippen LogP contribution in [0.3, 0.4) is 0 Å². The van der Waals surface area contributed by atoms with Crippen LogP contribution in [0.5, 0.6) is 0 Å². The topological polar surface area (TPSA) is 62.3 Å². The molecule has 0 aliphatic carbocycles. The first kappa shape index (κ1) is 17.9. The number of sulfone groups is 1. The van der Waals surface area contributed by atoms with E-state index in [0.29, 0.717) is 5.82 Å². The number of likely N-dealkylation sites (tertiary alicyclic amines) is 1. The Morgan fingerprint density at radius 3 is 2.64 bits per heavy atom. The molecule has 5 nitrogen and oxygen atoms in total. The maximum atomic E-state index is 11.9. The Morgan fingerprint density at radius 1 is 1.20 bits per heavy atom. The summed E-state index contributed by atoms with van der Waals surface area (Å²) in [6.45, 7) is 5.07. The van der Waals surface area contributed by atoms with Crippen LogP contribution in [0.1, 0.15) is 24.0 Å². The quantitative estimate of drug-likeness (QED) is 0.889. The van der Waals surface area contributed by atoms with E-state index in [-0.39, 0.29) is 10.9 Å². The molecule has 1 aliphatic heterocycles. The second-order valence-electron chi connectivity index (χ2n) is 6.81. The highest BCUT2D eigenvalue weighted by molar-refractivity contribution is 7.90. The van der Waals surface area contributed by atoms with Gasteiger partial charge in [-0.05, 0) is 37.5 Å². The van der Waals surface area contributed by atoms with Crippen LogP contribution in [0.25, 0.3) is 0 Å². The second-order valence-corrected chi connectivity index (χ2v) is 8.79. The first-order valence-electron chi connectivity index (χ1n) is 8.61. The fraction of sp³-hybridized carbons (Fsp3) is 0.421. The molecule has 6 heteroatoms. The Labute approximate surface area is 150 Å². The van der Waals surface area contributed by atoms with Crippen LogP contribution in [0.15, 0.2) is 47.5 Å². The lowest BCUT2D eigenvalue weighted by molar-refractivity contribution is 0.211. The van der Waals surface area contributed by atoms with Gasteiger partial charge < -0.3 is 5.32 Å². The van der Waals surface area contributed by atoms with Crippen molar-refractivity contribution in [3.8, 4) is 0 Å². The van der Waals surface area contributed by atoms with Crippen LogP contribution < -0.4 is 5.32 Å². The van der Waals surface area contributed by atoms with Gasteiger partial charge in [0.05, 0.1) is 0 Å². The molecule has 0 spiro atoms. The highest BCUT2D eigenvalue weighted by Crippen LogP contribution is 2.22. The molecule has 0 amide bonds. The summed E-state index contributed by atoms with van der Waals surface area (Å²) in [4.78, 5) is 6.95. The van der Waals surface area contributed by atoms with E-state index < -0.39 is 9.84 Å². The summed E-state index contributed by atoms with van der Waals surface area (Å²) in [5.41, 5.74) is 2.63. The van der Waals surface area contributed by atoms with Crippen molar-refractivity contribution in [3.05, 3.63) is 53.7 Å². The molecule has 1 aromatic carbocycles. The van der Waals surface area contributed by atoms with Crippen molar-refractivity contribution in [2.24, 2.45) is 0 Å². The number of piperidine rings is 1. The number of rotatable bonds is 5. The first-order valence-corrected chi connectivity index (χ1v) is 10.5. The lowest BCUT2D eigenvalue weighted by atomic mass is 10.0. The Balaban J connectivity index is 1.58. The monoisotopic (exact) mass is 359 g/mol. The van der Waals surface area contributed by atoms with E-state index in [9.17, 15) is 8.42 Å². The molecule has 0 saturated carbocycles. The molecule has 2 aromatic rings. The molecule has 1 N–H and O–H groups in total. The van der Waals surface area contributed by atoms with Crippen molar-refractivity contribution in [2.75, 3.05) is 24.7 Å². The zero-order valence-corrected chi connectivity index (χ0v) is 15.6. The fourth-order valence-corrected chi connectivity index (χ4v) is 4.08. The fourth-order valence-electron chi connectivity index (χ4n) is 3.30. The molecule has 1 aromatic heterocycles. The zero-order chi connectivity index (χ0) is 17.9. The number of aryl methyl sites for hydroxylation is 1. The number of anilines is 1. The molecule has 3 rings (SSSR count). The SMILES string of the molecule is Cc1cccc(CN2CCC(Nc3ncccc3S(C)(=O)=O)CC2)c1. The molecule has 1 aliphatic rings. The third-order valence-electron chi connectivity index (χ3n) is 4.59. The van der Waals surface area contributed by atoms with Crippen LogP contribution in [0, 0.1) is 6.92 Å². The number of nitrogens with one attached hydrogen (secondary N) is 1. The molecule has 0 atom stereocenters. The predicted octanol–water partition coefficient (Wildman–Crippen LogP) is 2.87. The Kier molecular flexibility index (Phi) is 5.39.